The van der Waals surface area contributed by atoms with Gasteiger partial charge >= 0.3 is 0 Å². The van der Waals surface area contributed by atoms with Crippen LogP contribution in [0, 0.1) is 5.92 Å². The van der Waals surface area contributed by atoms with Crippen LogP contribution in [-0.4, -0.2) is 26.0 Å². The van der Waals surface area contributed by atoms with Crippen LogP contribution in [0.1, 0.15) is 36.0 Å². The predicted octanol–water partition coefficient (Wildman–Crippen LogP) is 2.66. The summed E-state index contributed by atoms with van der Waals surface area (Å²) in [5, 5.41) is 3.35. The molecule has 0 radical (unpaired) electrons. The molecule has 3 heteroatoms. The number of methoxy groups -OCH3 is 1. The van der Waals surface area contributed by atoms with Crippen LogP contribution in [0.5, 0.6) is 5.75 Å². The number of carbonyl (C=O) groups excluding carboxylic acids is 1. The van der Waals surface area contributed by atoms with Gasteiger partial charge in [0, 0.05) is 6.42 Å². The Labute approximate surface area is 109 Å². The van der Waals surface area contributed by atoms with Gasteiger partial charge in [-0.05, 0) is 50.4 Å². The lowest BCUT2D eigenvalue weighted by Gasteiger charge is -2.22. The Kier molecular flexibility index (Phi) is 4.76. The van der Waals surface area contributed by atoms with Crippen LogP contribution in [0.4, 0.5) is 0 Å². The average molecular weight is 247 g/mol. The molecule has 1 saturated heterocycles. The number of carbonyl (C=O) groups is 1. The first-order valence-electron chi connectivity index (χ1n) is 6.68. The van der Waals surface area contributed by atoms with Gasteiger partial charge in [0.2, 0.25) is 0 Å². The van der Waals surface area contributed by atoms with E-state index in [9.17, 15) is 4.79 Å². The Bertz CT molecular complexity index is 397. The van der Waals surface area contributed by atoms with Crippen LogP contribution in [0.15, 0.2) is 24.3 Å². The topological polar surface area (TPSA) is 38.3 Å². The third-order valence-electron chi connectivity index (χ3n) is 3.65. The molecule has 18 heavy (non-hydrogen) atoms. The SMILES string of the molecule is COc1ccccc1C(=O)CCC1CCNCC1. The molecule has 1 heterocycles. The quantitative estimate of drug-likeness (QED) is 0.813. The molecule has 1 fully saturated rings. The molecule has 0 bridgehead atoms. The van der Waals surface area contributed by atoms with Crippen molar-refractivity contribution >= 4 is 5.78 Å². The Balaban J connectivity index is 1.90. The van der Waals surface area contributed by atoms with Crippen LogP contribution < -0.4 is 10.1 Å². The van der Waals surface area contributed by atoms with Crippen LogP contribution in [-0.2, 0) is 0 Å². The van der Waals surface area contributed by atoms with Gasteiger partial charge in [-0.25, -0.2) is 0 Å². The van der Waals surface area contributed by atoms with Gasteiger partial charge in [-0.2, -0.15) is 0 Å². The number of rotatable bonds is 5. The minimum Gasteiger partial charge on any atom is -0.496 e. The standard InChI is InChI=1S/C15H21NO2/c1-18-15-5-3-2-4-13(15)14(17)7-6-12-8-10-16-11-9-12/h2-5,12,16H,6-11H2,1H3. The number of benzene rings is 1. The van der Waals surface area contributed by atoms with Crippen LogP contribution >= 0.6 is 0 Å². The summed E-state index contributed by atoms with van der Waals surface area (Å²) in [5.74, 6) is 1.59. The van der Waals surface area contributed by atoms with Crippen LogP contribution in [0.3, 0.4) is 0 Å². The van der Waals surface area contributed by atoms with Gasteiger partial charge in [0.15, 0.2) is 5.78 Å². The molecule has 3 nitrogen and oxygen atoms in total. The smallest absolute Gasteiger partial charge is 0.166 e. The average Bonchev–Trinajstić information content (AvgIpc) is 2.45. The lowest BCUT2D eigenvalue weighted by atomic mass is 9.91. The van der Waals surface area contributed by atoms with Crippen molar-refractivity contribution in [2.45, 2.75) is 25.7 Å². The van der Waals surface area contributed by atoms with Gasteiger partial charge in [0.05, 0.1) is 12.7 Å². The van der Waals surface area contributed by atoms with E-state index in [-0.39, 0.29) is 5.78 Å². The fraction of sp³-hybridized carbons (Fsp3) is 0.533. The van der Waals surface area contributed by atoms with Crippen molar-refractivity contribution in [3.8, 4) is 5.75 Å². The summed E-state index contributed by atoms with van der Waals surface area (Å²) in [4.78, 5) is 12.2. The highest BCUT2D eigenvalue weighted by Crippen LogP contribution is 2.23. The summed E-state index contributed by atoms with van der Waals surface area (Å²) in [5.41, 5.74) is 0.717. The zero-order chi connectivity index (χ0) is 12.8. The monoisotopic (exact) mass is 247 g/mol. The molecule has 1 N–H and O–H groups in total. The largest absolute Gasteiger partial charge is 0.496 e. The normalized spacial score (nSPS) is 16.5. The highest BCUT2D eigenvalue weighted by atomic mass is 16.5. The van der Waals surface area contributed by atoms with E-state index < -0.39 is 0 Å². The molecule has 0 spiro atoms. The molecule has 0 unspecified atom stereocenters. The van der Waals surface area contributed by atoms with E-state index in [0.29, 0.717) is 23.7 Å². The summed E-state index contributed by atoms with van der Waals surface area (Å²) in [6.07, 6.45) is 4.02. The zero-order valence-corrected chi connectivity index (χ0v) is 10.9. The number of hydrogen-bond acceptors (Lipinski definition) is 3. The van der Waals surface area contributed by atoms with E-state index in [1.807, 2.05) is 24.3 Å². The molecule has 0 aromatic heterocycles. The maximum atomic E-state index is 12.2. The molecule has 98 valence electrons. The molecule has 0 saturated carbocycles. The Hall–Kier alpha value is -1.35. The van der Waals surface area contributed by atoms with E-state index in [1.54, 1.807) is 7.11 Å². The number of para-hydroxylation sites is 1. The minimum absolute atomic E-state index is 0.200. The number of nitrogens with one attached hydrogen (secondary N) is 1. The first kappa shape index (κ1) is 13.1. The Morgan fingerprint density at radius 3 is 2.78 bits per heavy atom. The van der Waals surface area contributed by atoms with Crippen molar-refractivity contribution in [1.29, 1.82) is 0 Å². The van der Waals surface area contributed by atoms with E-state index in [2.05, 4.69) is 5.32 Å². The lowest BCUT2D eigenvalue weighted by Crippen LogP contribution is -2.28. The van der Waals surface area contributed by atoms with Crippen molar-refractivity contribution in [1.82, 2.24) is 5.32 Å². The molecule has 1 aliphatic rings. The maximum absolute atomic E-state index is 12.2. The van der Waals surface area contributed by atoms with Gasteiger partial charge in [-0.1, -0.05) is 12.1 Å². The van der Waals surface area contributed by atoms with Crippen molar-refractivity contribution < 1.29 is 9.53 Å². The Morgan fingerprint density at radius 1 is 1.33 bits per heavy atom. The van der Waals surface area contributed by atoms with Crippen molar-refractivity contribution in [2.75, 3.05) is 20.2 Å². The lowest BCUT2D eigenvalue weighted by molar-refractivity contribution is 0.0968. The fourth-order valence-corrected chi connectivity index (χ4v) is 2.52. The molecule has 1 aromatic rings. The first-order chi connectivity index (χ1) is 8.81. The van der Waals surface area contributed by atoms with E-state index >= 15 is 0 Å². The molecule has 0 amide bonds. The molecular weight excluding hydrogens is 226 g/mol. The second-order valence-corrected chi connectivity index (χ2v) is 4.86. The number of piperidine rings is 1. The highest BCUT2D eigenvalue weighted by Gasteiger charge is 2.16. The maximum Gasteiger partial charge on any atom is 0.166 e. The third-order valence-corrected chi connectivity index (χ3v) is 3.65. The number of ether oxygens (including phenoxy) is 1. The van der Waals surface area contributed by atoms with Gasteiger partial charge in [0.25, 0.3) is 0 Å². The first-order valence-corrected chi connectivity index (χ1v) is 6.68. The number of hydrogen-bond donors (Lipinski definition) is 1. The molecule has 1 aromatic carbocycles. The summed E-state index contributed by atoms with van der Waals surface area (Å²) >= 11 is 0. The summed E-state index contributed by atoms with van der Waals surface area (Å²) < 4.78 is 5.23. The number of ketones is 1. The number of Topliss-reactive ketones (excluding diaryl/α,β-unsaturated/α-hetero) is 1. The van der Waals surface area contributed by atoms with Crippen LogP contribution in [0.2, 0.25) is 0 Å². The van der Waals surface area contributed by atoms with Gasteiger partial charge in [-0.3, -0.25) is 4.79 Å². The van der Waals surface area contributed by atoms with Gasteiger partial charge < -0.3 is 10.1 Å². The second kappa shape index (κ2) is 6.55. The third kappa shape index (κ3) is 3.33. The minimum atomic E-state index is 0.200. The van der Waals surface area contributed by atoms with Crippen molar-refractivity contribution in [3.63, 3.8) is 0 Å². The predicted molar refractivity (Wildman–Crippen MR) is 72.2 cm³/mol. The summed E-state index contributed by atoms with van der Waals surface area (Å²) in [6.45, 7) is 2.18. The van der Waals surface area contributed by atoms with Gasteiger partial charge in [0.1, 0.15) is 5.75 Å². The van der Waals surface area contributed by atoms with Crippen LogP contribution in [0.25, 0.3) is 0 Å². The molecule has 1 aliphatic heterocycles. The van der Waals surface area contributed by atoms with Crippen molar-refractivity contribution in [3.05, 3.63) is 29.8 Å². The molecular formula is C15H21NO2. The molecule has 0 atom stereocenters. The molecule has 0 aliphatic carbocycles. The summed E-state index contributed by atoms with van der Waals surface area (Å²) in [7, 11) is 1.61. The zero-order valence-electron chi connectivity index (χ0n) is 10.9. The summed E-state index contributed by atoms with van der Waals surface area (Å²) in [6, 6.07) is 7.48. The van der Waals surface area contributed by atoms with E-state index in [4.69, 9.17) is 4.74 Å². The van der Waals surface area contributed by atoms with Crippen molar-refractivity contribution in [2.24, 2.45) is 5.92 Å². The van der Waals surface area contributed by atoms with Gasteiger partial charge in [-0.15, -0.1) is 0 Å². The fourth-order valence-electron chi connectivity index (χ4n) is 2.52. The highest BCUT2D eigenvalue weighted by molar-refractivity contribution is 5.98. The van der Waals surface area contributed by atoms with E-state index in [0.717, 1.165) is 19.5 Å². The second-order valence-electron chi connectivity index (χ2n) is 4.86. The molecule has 2 rings (SSSR count). The van der Waals surface area contributed by atoms with E-state index in [1.165, 1.54) is 12.8 Å². The Morgan fingerprint density at radius 2 is 2.06 bits per heavy atom.